The first-order valence-corrected chi connectivity index (χ1v) is 13.8. The van der Waals surface area contributed by atoms with E-state index in [0.29, 0.717) is 0 Å². The number of nitrogens with one attached hydrogen (secondary N) is 1. The summed E-state index contributed by atoms with van der Waals surface area (Å²) in [6.45, 7) is -0.963. The van der Waals surface area contributed by atoms with Crippen molar-refractivity contribution in [2.75, 3.05) is 19.5 Å². The number of benzene rings is 2. The number of hydrogen-bond acceptors (Lipinski definition) is 4. The molecule has 6 nitrogen and oxygen atoms in total. The molecule has 0 saturated carbocycles. The third-order valence-corrected chi connectivity index (χ3v) is 9.07. The number of amides is 1. The standard InChI is InChI=1S/C25H21Cl3FN3O3S/c1-36(34,35)25(28)14-17(16-6-3-2-4-7-16)10-11-21(25)32-15-20(24(33)30-13-12-29)31-23(32)22-18(26)8-5-9-19(22)27/h2-11,15H,12-14H2,1H3,(H,30,33). The number of hydrogen-bond donors (Lipinski definition) is 1. The Morgan fingerprint density at radius 2 is 1.78 bits per heavy atom. The minimum atomic E-state index is -3.92. The van der Waals surface area contributed by atoms with Gasteiger partial charge in [-0.15, -0.1) is 0 Å². The Bertz CT molecular complexity index is 1470. The molecule has 4 rings (SSSR count). The van der Waals surface area contributed by atoms with Gasteiger partial charge in [-0.2, -0.15) is 0 Å². The Hall–Kier alpha value is -2.65. The van der Waals surface area contributed by atoms with Crippen LogP contribution in [0.5, 0.6) is 0 Å². The molecule has 0 saturated heterocycles. The van der Waals surface area contributed by atoms with Crippen molar-refractivity contribution < 1.29 is 17.6 Å². The van der Waals surface area contributed by atoms with Crippen LogP contribution in [0.25, 0.3) is 22.7 Å². The normalized spacial score (nSPS) is 17.9. The number of sulfone groups is 1. The van der Waals surface area contributed by atoms with E-state index in [9.17, 15) is 17.6 Å². The van der Waals surface area contributed by atoms with E-state index in [1.54, 1.807) is 30.4 Å². The van der Waals surface area contributed by atoms with Gasteiger partial charge in [0.2, 0.25) is 0 Å². The SMILES string of the molecule is CS(=O)(=O)C1(Cl)CC(c2ccccc2)=CC=C1n1cc(C(=O)NCCF)nc1-c1c(Cl)cccc1Cl. The summed E-state index contributed by atoms with van der Waals surface area (Å²) in [4.78, 5) is 17.0. The quantitative estimate of drug-likeness (QED) is 0.362. The number of imidazole rings is 1. The van der Waals surface area contributed by atoms with Crippen molar-refractivity contribution in [1.29, 1.82) is 0 Å². The van der Waals surface area contributed by atoms with E-state index in [4.69, 9.17) is 34.8 Å². The summed E-state index contributed by atoms with van der Waals surface area (Å²) in [6, 6.07) is 14.1. The van der Waals surface area contributed by atoms with Gasteiger partial charge in [0, 0.05) is 25.4 Å². The second-order valence-corrected chi connectivity index (χ2v) is 12.1. The molecular weight excluding hydrogens is 548 g/mol. The highest BCUT2D eigenvalue weighted by Gasteiger charge is 2.46. The molecule has 0 spiro atoms. The van der Waals surface area contributed by atoms with Crippen molar-refractivity contribution >= 4 is 61.8 Å². The number of halogens is 4. The molecule has 1 aliphatic carbocycles. The van der Waals surface area contributed by atoms with Crippen LogP contribution in [-0.4, -0.2) is 47.6 Å². The Kier molecular flexibility index (Phi) is 7.61. The molecule has 3 aromatic rings. The van der Waals surface area contributed by atoms with Gasteiger partial charge < -0.3 is 5.32 Å². The van der Waals surface area contributed by atoms with Gasteiger partial charge >= 0.3 is 0 Å². The van der Waals surface area contributed by atoms with Gasteiger partial charge in [0.15, 0.2) is 14.0 Å². The van der Waals surface area contributed by atoms with E-state index in [1.807, 2.05) is 30.3 Å². The van der Waals surface area contributed by atoms with E-state index in [-0.39, 0.29) is 45.8 Å². The molecular formula is C25H21Cl3FN3O3S. The fourth-order valence-electron chi connectivity index (χ4n) is 3.94. The Morgan fingerprint density at radius 1 is 1.11 bits per heavy atom. The second-order valence-electron chi connectivity index (χ2n) is 8.15. The maximum Gasteiger partial charge on any atom is 0.271 e. The predicted molar refractivity (Wildman–Crippen MR) is 143 cm³/mol. The van der Waals surface area contributed by atoms with Gasteiger partial charge in [-0.05, 0) is 29.3 Å². The van der Waals surface area contributed by atoms with Gasteiger partial charge in [0.1, 0.15) is 18.2 Å². The molecule has 1 unspecified atom stereocenters. The van der Waals surface area contributed by atoms with E-state index in [1.165, 1.54) is 10.8 Å². The third kappa shape index (κ3) is 4.95. The van der Waals surface area contributed by atoms with Crippen LogP contribution in [0.1, 0.15) is 22.5 Å². The number of allylic oxidation sites excluding steroid dienone is 3. The number of aromatic nitrogens is 2. The van der Waals surface area contributed by atoms with E-state index < -0.39 is 26.6 Å². The number of carbonyl (C=O) groups is 1. The van der Waals surface area contributed by atoms with Crippen molar-refractivity contribution in [2.24, 2.45) is 0 Å². The van der Waals surface area contributed by atoms with Crippen LogP contribution in [0.2, 0.25) is 10.0 Å². The van der Waals surface area contributed by atoms with E-state index in [0.717, 1.165) is 17.4 Å². The zero-order chi connectivity index (χ0) is 26.1. The maximum atomic E-state index is 13.1. The van der Waals surface area contributed by atoms with Crippen LogP contribution in [0, 0.1) is 0 Å². The first kappa shape index (κ1) is 26.4. The van der Waals surface area contributed by atoms with Crippen molar-refractivity contribution in [3.05, 3.63) is 88.2 Å². The van der Waals surface area contributed by atoms with Crippen LogP contribution in [0.15, 0.2) is 66.9 Å². The van der Waals surface area contributed by atoms with Crippen molar-refractivity contribution in [3.63, 3.8) is 0 Å². The zero-order valence-electron chi connectivity index (χ0n) is 19.0. The molecule has 11 heteroatoms. The third-order valence-electron chi connectivity index (χ3n) is 5.74. The molecule has 0 aliphatic heterocycles. The second kappa shape index (κ2) is 10.4. The smallest absolute Gasteiger partial charge is 0.271 e. The summed E-state index contributed by atoms with van der Waals surface area (Å²) in [5.74, 6) is -0.528. The van der Waals surface area contributed by atoms with Crippen molar-refractivity contribution in [3.8, 4) is 11.4 Å². The first-order chi connectivity index (χ1) is 17.1. The van der Waals surface area contributed by atoms with Crippen molar-refractivity contribution in [2.45, 2.75) is 10.6 Å². The summed E-state index contributed by atoms with van der Waals surface area (Å²) >= 11 is 19.8. The van der Waals surface area contributed by atoms with Gasteiger partial charge in [0.05, 0.1) is 21.3 Å². The highest BCUT2D eigenvalue weighted by molar-refractivity contribution is 7.94. The largest absolute Gasteiger partial charge is 0.348 e. The molecule has 0 bridgehead atoms. The van der Waals surface area contributed by atoms with Crippen LogP contribution in [0.3, 0.4) is 0 Å². The number of carbonyl (C=O) groups excluding carboxylic acids is 1. The lowest BCUT2D eigenvalue weighted by atomic mass is 9.95. The van der Waals surface area contributed by atoms with Gasteiger partial charge in [-0.25, -0.2) is 17.8 Å². The summed E-state index contributed by atoms with van der Waals surface area (Å²) in [5.41, 5.74) is 1.90. The van der Waals surface area contributed by atoms with Crippen LogP contribution in [-0.2, 0) is 9.84 Å². The van der Waals surface area contributed by atoms with Crippen LogP contribution < -0.4 is 5.32 Å². The fourth-order valence-corrected chi connectivity index (χ4v) is 5.77. The maximum absolute atomic E-state index is 13.1. The molecule has 1 N–H and O–H groups in total. The van der Waals surface area contributed by atoms with E-state index >= 15 is 0 Å². The monoisotopic (exact) mass is 567 g/mol. The minimum absolute atomic E-state index is 0.0412. The van der Waals surface area contributed by atoms with Gasteiger partial charge in [0.25, 0.3) is 5.91 Å². The van der Waals surface area contributed by atoms with Crippen LogP contribution in [0.4, 0.5) is 4.39 Å². The molecule has 188 valence electrons. The lowest BCUT2D eigenvalue weighted by Crippen LogP contribution is -2.37. The molecule has 1 heterocycles. The summed E-state index contributed by atoms with van der Waals surface area (Å²) < 4.78 is 38.4. The first-order valence-electron chi connectivity index (χ1n) is 10.8. The summed E-state index contributed by atoms with van der Waals surface area (Å²) in [5, 5.41) is 2.89. The molecule has 36 heavy (non-hydrogen) atoms. The molecule has 0 radical (unpaired) electrons. The lowest BCUT2D eigenvalue weighted by Gasteiger charge is -2.33. The summed E-state index contributed by atoms with van der Waals surface area (Å²) in [6.07, 6.45) is 5.71. The Labute approximate surface area is 223 Å². The van der Waals surface area contributed by atoms with E-state index in [2.05, 4.69) is 10.3 Å². The zero-order valence-corrected chi connectivity index (χ0v) is 22.1. The van der Waals surface area contributed by atoms with Gasteiger partial charge in [-0.3, -0.25) is 9.36 Å². The molecule has 1 atom stereocenters. The highest BCUT2D eigenvalue weighted by atomic mass is 35.5. The Morgan fingerprint density at radius 3 is 2.39 bits per heavy atom. The number of alkyl halides is 2. The Balaban J connectivity index is 1.97. The average Bonchev–Trinajstić information content (AvgIpc) is 3.27. The molecule has 1 amide bonds. The van der Waals surface area contributed by atoms with Crippen LogP contribution >= 0.6 is 34.8 Å². The summed E-state index contributed by atoms with van der Waals surface area (Å²) in [7, 11) is -3.92. The molecule has 2 aromatic carbocycles. The average molecular weight is 569 g/mol. The number of nitrogens with zero attached hydrogens (tertiary/aromatic N) is 2. The predicted octanol–water partition coefficient (Wildman–Crippen LogP) is 5.86. The van der Waals surface area contributed by atoms with Gasteiger partial charge in [-0.1, -0.05) is 77.3 Å². The fraction of sp³-hybridized carbons (Fsp3) is 0.200. The lowest BCUT2D eigenvalue weighted by molar-refractivity contribution is 0.0946. The molecule has 0 fully saturated rings. The topological polar surface area (TPSA) is 81.1 Å². The molecule has 1 aliphatic rings. The minimum Gasteiger partial charge on any atom is -0.348 e. The van der Waals surface area contributed by atoms with Crippen molar-refractivity contribution in [1.82, 2.24) is 14.9 Å². The molecule has 1 aromatic heterocycles. The number of rotatable bonds is 7. The highest BCUT2D eigenvalue weighted by Crippen LogP contribution is 2.47.